The van der Waals surface area contributed by atoms with Crippen molar-refractivity contribution in [3.05, 3.63) is 21.8 Å². The average molecular weight is 373 g/mol. The molecule has 0 radical (unpaired) electrons. The molecule has 104 valence electrons. The summed E-state index contributed by atoms with van der Waals surface area (Å²) >= 11 is 2.27. The Kier molecular flexibility index (Phi) is 4.14. The first-order valence-corrected chi connectivity index (χ1v) is 7.95. The number of anilines is 2. The first-order chi connectivity index (χ1) is 9.22. The molecule has 2 fully saturated rings. The number of fused-ring (bicyclic) bond motifs is 1. The Balaban J connectivity index is 1.54. The number of benzene rings is 1. The van der Waals surface area contributed by atoms with E-state index < -0.39 is 0 Å². The van der Waals surface area contributed by atoms with Crippen molar-refractivity contribution in [1.82, 2.24) is 4.90 Å². The SMILES string of the molecule is Nc1cc(I)ccc1NCC1CN2CCCC2CO1. The zero-order valence-electron chi connectivity index (χ0n) is 10.9. The minimum atomic E-state index is 0.271. The van der Waals surface area contributed by atoms with Gasteiger partial charge in [-0.1, -0.05) is 0 Å². The molecule has 2 atom stereocenters. The minimum Gasteiger partial charge on any atom is -0.397 e. The molecular formula is C14H20IN3O. The van der Waals surface area contributed by atoms with E-state index in [-0.39, 0.29) is 6.10 Å². The lowest BCUT2D eigenvalue weighted by atomic mass is 10.2. The summed E-state index contributed by atoms with van der Waals surface area (Å²) in [5.74, 6) is 0. The second-order valence-corrected chi connectivity index (χ2v) is 6.60. The summed E-state index contributed by atoms with van der Waals surface area (Å²) in [6, 6.07) is 6.76. The van der Waals surface area contributed by atoms with Gasteiger partial charge in [0.2, 0.25) is 0 Å². The molecule has 0 aliphatic carbocycles. The van der Waals surface area contributed by atoms with Crippen LogP contribution in [0, 0.1) is 3.57 Å². The number of nitrogens with zero attached hydrogens (tertiary/aromatic N) is 1. The summed E-state index contributed by atoms with van der Waals surface area (Å²) in [7, 11) is 0. The zero-order valence-corrected chi connectivity index (χ0v) is 13.1. The maximum absolute atomic E-state index is 6.00. The maximum Gasteiger partial charge on any atom is 0.0874 e. The number of morpholine rings is 1. The van der Waals surface area contributed by atoms with Crippen molar-refractivity contribution in [3.8, 4) is 0 Å². The van der Waals surface area contributed by atoms with Gasteiger partial charge in [-0.3, -0.25) is 4.90 Å². The molecule has 2 unspecified atom stereocenters. The molecule has 1 aromatic rings. The molecule has 0 saturated carbocycles. The molecule has 4 nitrogen and oxygen atoms in total. The normalized spacial score (nSPS) is 27.2. The van der Waals surface area contributed by atoms with Gasteiger partial charge in [0.1, 0.15) is 0 Å². The summed E-state index contributed by atoms with van der Waals surface area (Å²) < 4.78 is 7.09. The number of nitrogens with two attached hydrogens (primary N) is 1. The van der Waals surface area contributed by atoms with Crippen molar-refractivity contribution in [2.45, 2.75) is 25.0 Å². The van der Waals surface area contributed by atoms with Crippen LogP contribution < -0.4 is 11.1 Å². The highest BCUT2D eigenvalue weighted by Gasteiger charge is 2.31. The van der Waals surface area contributed by atoms with Crippen LogP contribution in [0.15, 0.2) is 18.2 Å². The van der Waals surface area contributed by atoms with E-state index in [0.29, 0.717) is 6.04 Å². The Morgan fingerprint density at radius 3 is 3.21 bits per heavy atom. The van der Waals surface area contributed by atoms with Crippen molar-refractivity contribution in [1.29, 1.82) is 0 Å². The Labute approximate surface area is 127 Å². The summed E-state index contributed by atoms with van der Waals surface area (Å²) in [6.45, 7) is 3.99. The Morgan fingerprint density at radius 2 is 2.37 bits per heavy atom. The predicted octanol–water partition coefficient (Wildman–Crippen LogP) is 2.15. The molecule has 0 spiro atoms. The smallest absolute Gasteiger partial charge is 0.0874 e. The van der Waals surface area contributed by atoms with Crippen LogP contribution in [0.5, 0.6) is 0 Å². The topological polar surface area (TPSA) is 50.5 Å². The van der Waals surface area contributed by atoms with E-state index in [1.54, 1.807) is 0 Å². The van der Waals surface area contributed by atoms with E-state index in [0.717, 1.165) is 34.6 Å². The molecule has 2 saturated heterocycles. The maximum atomic E-state index is 6.00. The first kappa shape index (κ1) is 13.5. The molecule has 5 heteroatoms. The van der Waals surface area contributed by atoms with Gasteiger partial charge in [-0.05, 0) is 60.2 Å². The molecule has 19 heavy (non-hydrogen) atoms. The summed E-state index contributed by atoms with van der Waals surface area (Å²) in [5.41, 5.74) is 7.82. The van der Waals surface area contributed by atoms with Crippen molar-refractivity contribution >= 4 is 34.0 Å². The van der Waals surface area contributed by atoms with Crippen LogP contribution in [-0.2, 0) is 4.74 Å². The molecule has 2 aliphatic rings. The third kappa shape index (κ3) is 3.14. The third-order valence-electron chi connectivity index (χ3n) is 4.00. The molecule has 1 aromatic carbocycles. The van der Waals surface area contributed by atoms with E-state index in [1.165, 1.54) is 19.4 Å². The van der Waals surface area contributed by atoms with Gasteiger partial charge in [0.05, 0.1) is 24.1 Å². The van der Waals surface area contributed by atoms with Crippen LogP contribution in [0.2, 0.25) is 0 Å². The van der Waals surface area contributed by atoms with Gasteiger partial charge in [0, 0.05) is 22.7 Å². The van der Waals surface area contributed by atoms with E-state index in [1.807, 2.05) is 12.1 Å². The van der Waals surface area contributed by atoms with E-state index in [4.69, 9.17) is 10.5 Å². The number of nitrogen functional groups attached to an aromatic ring is 1. The fourth-order valence-corrected chi connectivity index (χ4v) is 3.44. The predicted molar refractivity (Wildman–Crippen MR) is 86.4 cm³/mol. The van der Waals surface area contributed by atoms with Gasteiger partial charge >= 0.3 is 0 Å². The summed E-state index contributed by atoms with van der Waals surface area (Å²) in [6.07, 6.45) is 2.88. The highest BCUT2D eigenvalue weighted by Crippen LogP contribution is 2.24. The van der Waals surface area contributed by atoms with Crippen LogP contribution in [0.4, 0.5) is 11.4 Å². The number of nitrogens with one attached hydrogen (secondary N) is 1. The largest absolute Gasteiger partial charge is 0.397 e. The Bertz CT molecular complexity index is 454. The quantitative estimate of drug-likeness (QED) is 0.630. The minimum absolute atomic E-state index is 0.271. The van der Waals surface area contributed by atoms with Gasteiger partial charge in [0.15, 0.2) is 0 Å². The van der Waals surface area contributed by atoms with Crippen LogP contribution in [0.1, 0.15) is 12.8 Å². The Morgan fingerprint density at radius 1 is 1.47 bits per heavy atom. The number of halogens is 1. The fraction of sp³-hybridized carbons (Fsp3) is 0.571. The van der Waals surface area contributed by atoms with Gasteiger partial charge in [0.25, 0.3) is 0 Å². The Hall–Kier alpha value is -0.530. The first-order valence-electron chi connectivity index (χ1n) is 6.87. The highest BCUT2D eigenvalue weighted by molar-refractivity contribution is 14.1. The molecule has 3 N–H and O–H groups in total. The summed E-state index contributed by atoms with van der Waals surface area (Å²) in [4.78, 5) is 2.56. The van der Waals surface area contributed by atoms with Gasteiger partial charge in [-0.15, -0.1) is 0 Å². The van der Waals surface area contributed by atoms with Crippen molar-refractivity contribution in [2.24, 2.45) is 0 Å². The second kappa shape index (κ2) is 5.85. The number of rotatable bonds is 3. The highest BCUT2D eigenvalue weighted by atomic mass is 127. The van der Waals surface area contributed by atoms with Crippen LogP contribution >= 0.6 is 22.6 Å². The van der Waals surface area contributed by atoms with Crippen molar-refractivity contribution in [3.63, 3.8) is 0 Å². The van der Waals surface area contributed by atoms with Crippen molar-refractivity contribution in [2.75, 3.05) is 37.3 Å². The van der Waals surface area contributed by atoms with E-state index in [9.17, 15) is 0 Å². The lowest BCUT2D eigenvalue weighted by Gasteiger charge is -2.35. The van der Waals surface area contributed by atoms with Crippen LogP contribution in [-0.4, -0.2) is 43.3 Å². The lowest BCUT2D eigenvalue weighted by molar-refractivity contribution is -0.0415. The average Bonchev–Trinajstić information content (AvgIpc) is 2.85. The summed E-state index contributed by atoms with van der Waals surface area (Å²) in [5, 5.41) is 3.41. The van der Waals surface area contributed by atoms with Gasteiger partial charge < -0.3 is 15.8 Å². The number of ether oxygens (including phenoxy) is 1. The number of hydrogen-bond donors (Lipinski definition) is 2. The third-order valence-corrected chi connectivity index (χ3v) is 4.67. The molecule has 2 heterocycles. The lowest BCUT2D eigenvalue weighted by Crippen LogP contribution is -2.48. The van der Waals surface area contributed by atoms with Crippen molar-refractivity contribution < 1.29 is 4.74 Å². The molecule has 3 rings (SSSR count). The molecule has 0 aromatic heterocycles. The molecule has 2 aliphatic heterocycles. The second-order valence-electron chi connectivity index (χ2n) is 5.36. The van der Waals surface area contributed by atoms with Gasteiger partial charge in [-0.25, -0.2) is 0 Å². The van der Waals surface area contributed by atoms with E-state index in [2.05, 4.69) is 38.9 Å². The molecule has 0 bridgehead atoms. The fourth-order valence-electron chi connectivity index (χ4n) is 2.93. The number of hydrogen-bond acceptors (Lipinski definition) is 4. The van der Waals surface area contributed by atoms with Crippen LogP contribution in [0.3, 0.4) is 0 Å². The monoisotopic (exact) mass is 373 g/mol. The van der Waals surface area contributed by atoms with Crippen LogP contribution in [0.25, 0.3) is 0 Å². The standard InChI is InChI=1S/C14H20IN3O/c15-10-3-4-14(13(16)6-10)17-7-12-8-18-5-1-2-11(18)9-19-12/h3-4,6,11-12,17H,1-2,5,7-9,16H2. The molecular weight excluding hydrogens is 353 g/mol. The van der Waals surface area contributed by atoms with Gasteiger partial charge in [-0.2, -0.15) is 0 Å². The zero-order chi connectivity index (χ0) is 13.2. The molecule has 0 amide bonds. The van der Waals surface area contributed by atoms with E-state index >= 15 is 0 Å².